The third kappa shape index (κ3) is 4.29. The quantitative estimate of drug-likeness (QED) is 0.861. The molecule has 1 unspecified atom stereocenters. The topological polar surface area (TPSA) is 83.6 Å². The average molecular weight is 290 g/mol. The summed E-state index contributed by atoms with van der Waals surface area (Å²) >= 11 is 0. The van der Waals surface area contributed by atoms with Gasteiger partial charge in [-0.15, -0.1) is 0 Å². The summed E-state index contributed by atoms with van der Waals surface area (Å²) in [6.45, 7) is 1.84. The highest BCUT2D eigenvalue weighted by Gasteiger charge is 2.25. The number of carbonyl (C=O) groups excluding carboxylic acids is 1. The van der Waals surface area contributed by atoms with Crippen molar-refractivity contribution >= 4 is 11.9 Å². The Morgan fingerprint density at radius 2 is 2.00 bits per heavy atom. The minimum Gasteiger partial charge on any atom is -0.481 e. The maximum atomic E-state index is 12.5. The first kappa shape index (κ1) is 15.5. The number of amides is 1. The highest BCUT2D eigenvalue weighted by atomic mass is 16.4. The van der Waals surface area contributed by atoms with E-state index in [0.717, 1.165) is 24.8 Å². The van der Waals surface area contributed by atoms with Crippen molar-refractivity contribution in [1.82, 2.24) is 4.90 Å². The largest absolute Gasteiger partial charge is 0.481 e. The fourth-order valence-corrected chi connectivity index (χ4v) is 2.83. The molecule has 1 aromatic rings. The monoisotopic (exact) mass is 290 g/mol. The van der Waals surface area contributed by atoms with Crippen LogP contribution < -0.4 is 5.73 Å². The number of carbonyl (C=O) groups is 2. The smallest absolute Gasteiger partial charge is 0.303 e. The lowest BCUT2D eigenvalue weighted by Gasteiger charge is -2.32. The van der Waals surface area contributed by atoms with E-state index in [4.69, 9.17) is 10.8 Å². The van der Waals surface area contributed by atoms with Crippen LogP contribution in [0.1, 0.15) is 35.2 Å². The lowest BCUT2D eigenvalue weighted by Crippen LogP contribution is -2.40. The van der Waals surface area contributed by atoms with Crippen molar-refractivity contribution in [2.45, 2.75) is 25.7 Å². The molecule has 21 heavy (non-hydrogen) atoms. The fourth-order valence-electron chi connectivity index (χ4n) is 2.83. The SMILES string of the molecule is NCCc1ccc(C(=O)N2CCCC(CC(=O)O)C2)cc1. The van der Waals surface area contributed by atoms with Gasteiger partial charge in [-0.2, -0.15) is 0 Å². The second-order valence-electron chi connectivity index (χ2n) is 5.59. The number of carboxylic acid groups (broad SMARTS) is 1. The third-order valence-corrected chi connectivity index (χ3v) is 3.90. The fraction of sp³-hybridized carbons (Fsp3) is 0.500. The number of aliphatic carboxylic acids is 1. The molecule has 1 saturated heterocycles. The Kier molecular flexibility index (Phi) is 5.33. The van der Waals surface area contributed by atoms with Gasteiger partial charge in [0.2, 0.25) is 0 Å². The molecule has 0 saturated carbocycles. The van der Waals surface area contributed by atoms with Crippen LogP contribution in [0.4, 0.5) is 0 Å². The predicted octanol–water partition coefficient (Wildman–Crippen LogP) is 1.51. The van der Waals surface area contributed by atoms with Crippen LogP contribution in [0, 0.1) is 5.92 Å². The zero-order valence-corrected chi connectivity index (χ0v) is 12.1. The zero-order valence-electron chi connectivity index (χ0n) is 12.1. The van der Waals surface area contributed by atoms with Gasteiger partial charge in [0.05, 0.1) is 0 Å². The van der Waals surface area contributed by atoms with Crippen molar-refractivity contribution in [2.24, 2.45) is 11.7 Å². The maximum absolute atomic E-state index is 12.5. The van der Waals surface area contributed by atoms with E-state index in [1.165, 1.54) is 0 Å². The first-order valence-electron chi connectivity index (χ1n) is 7.40. The van der Waals surface area contributed by atoms with Crippen LogP contribution in [0.25, 0.3) is 0 Å². The van der Waals surface area contributed by atoms with Gasteiger partial charge in [0.25, 0.3) is 5.91 Å². The number of piperidine rings is 1. The summed E-state index contributed by atoms with van der Waals surface area (Å²) in [5, 5.41) is 8.88. The molecule has 1 heterocycles. The van der Waals surface area contributed by atoms with Gasteiger partial charge in [0.1, 0.15) is 0 Å². The van der Waals surface area contributed by atoms with Crippen molar-refractivity contribution < 1.29 is 14.7 Å². The van der Waals surface area contributed by atoms with E-state index >= 15 is 0 Å². The van der Waals surface area contributed by atoms with Gasteiger partial charge in [-0.1, -0.05) is 12.1 Å². The number of rotatable bonds is 5. The van der Waals surface area contributed by atoms with E-state index < -0.39 is 5.97 Å². The lowest BCUT2D eigenvalue weighted by molar-refractivity contribution is -0.138. The van der Waals surface area contributed by atoms with Gasteiger partial charge in [0, 0.05) is 25.1 Å². The van der Waals surface area contributed by atoms with Crippen molar-refractivity contribution in [2.75, 3.05) is 19.6 Å². The van der Waals surface area contributed by atoms with Crippen molar-refractivity contribution in [1.29, 1.82) is 0 Å². The standard InChI is InChI=1S/C16H22N2O3/c17-8-7-12-3-5-14(6-4-12)16(21)18-9-1-2-13(11-18)10-15(19)20/h3-6,13H,1-2,7-11,17H2,(H,19,20). The summed E-state index contributed by atoms with van der Waals surface area (Å²) in [6.07, 6.45) is 2.69. The van der Waals surface area contributed by atoms with Gasteiger partial charge in [0.15, 0.2) is 0 Å². The van der Waals surface area contributed by atoms with E-state index in [1.54, 1.807) is 4.90 Å². The summed E-state index contributed by atoms with van der Waals surface area (Å²) in [5.41, 5.74) is 7.29. The van der Waals surface area contributed by atoms with Gasteiger partial charge in [-0.25, -0.2) is 0 Å². The molecule has 0 radical (unpaired) electrons. The van der Waals surface area contributed by atoms with E-state index in [9.17, 15) is 9.59 Å². The van der Waals surface area contributed by atoms with Crippen LogP contribution in [0.3, 0.4) is 0 Å². The molecule has 1 fully saturated rings. The number of nitrogens with zero attached hydrogens (tertiary/aromatic N) is 1. The first-order valence-corrected chi connectivity index (χ1v) is 7.40. The Morgan fingerprint density at radius 1 is 1.29 bits per heavy atom. The number of nitrogens with two attached hydrogens (primary N) is 1. The summed E-state index contributed by atoms with van der Waals surface area (Å²) in [6, 6.07) is 7.51. The molecule has 1 amide bonds. The Balaban J connectivity index is 1.99. The van der Waals surface area contributed by atoms with Crippen LogP contribution in [0.5, 0.6) is 0 Å². The molecule has 114 valence electrons. The van der Waals surface area contributed by atoms with Crippen molar-refractivity contribution in [3.63, 3.8) is 0 Å². The van der Waals surface area contributed by atoms with E-state index in [-0.39, 0.29) is 18.2 Å². The maximum Gasteiger partial charge on any atom is 0.303 e. The summed E-state index contributed by atoms with van der Waals surface area (Å²) in [4.78, 5) is 25.0. The highest BCUT2D eigenvalue weighted by molar-refractivity contribution is 5.94. The molecule has 1 aliphatic rings. The molecule has 0 aliphatic carbocycles. The zero-order chi connectivity index (χ0) is 15.2. The minimum absolute atomic E-state index is 0.00983. The highest BCUT2D eigenvalue weighted by Crippen LogP contribution is 2.21. The molecule has 1 aliphatic heterocycles. The van der Waals surface area contributed by atoms with E-state index in [2.05, 4.69) is 0 Å². The molecule has 0 aromatic heterocycles. The van der Waals surface area contributed by atoms with Crippen molar-refractivity contribution in [3.8, 4) is 0 Å². The number of benzene rings is 1. The van der Waals surface area contributed by atoms with Gasteiger partial charge < -0.3 is 15.7 Å². The Labute approximate surface area is 124 Å². The Hall–Kier alpha value is -1.88. The molecular formula is C16H22N2O3. The van der Waals surface area contributed by atoms with Gasteiger partial charge >= 0.3 is 5.97 Å². The second kappa shape index (κ2) is 7.22. The van der Waals surface area contributed by atoms with E-state index in [0.29, 0.717) is 25.2 Å². The third-order valence-electron chi connectivity index (χ3n) is 3.90. The molecule has 1 atom stereocenters. The number of likely N-dealkylation sites (tertiary alicyclic amines) is 1. The molecule has 3 N–H and O–H groups in total. The number of carboxylic acids is 1. The lowest BCUT2D eigenvalue weighted by atomic mass is 9.94. The molecule has 0 bridgehead atoms. The normalized spacial score (nSPS) is 18.5. The van der Waals surface area contributed by atoms with Crippen LogP contribution >= 0.6 is 0 Å². The predicted molar refractivity (Wildman–Crippen MR) is 80.1 cm³/mol. The Bertz CT molecular complexity index is 499. The van der Waals surface area contributed by atoms with Gasteiger partial charge in [-0.05, 0) is 49.4 Å². The number of hydrogen-bond donors (Lipinski definition) is 2. The first-order chi connectivity index (χ1) is 10.1. The minimum atomic E-state index is -0.791. The summed E-state index contributed by atoms with van der Waals surface area (Å²) < 4.78 is 0. The molecule has 5 heteroatoms. The summed E-state index contributed by atoms with van der Waals surface area (Å²) in [7, 11) is 0. The van der Waals surface area contributed by atoms with Crippen LogP contribution in [0.2, 0.25) is 0 Å². The van der Waals surface area contributed by atoms with Crippen molar-refractivity contribution in [3.05, 3.63) is 35.4 Å². The number of hydrogen-bond acceptors (Lipinski definition) is 3. The molecule has 0 spiro atoms. The molecule has 1 aromatic carbocycles. The van der Waals surface area contributed by atoms with Crippen LogP contribution in [-0.2, 0) is 11.2 Å². The van der Waals surface area contributed by atoms with Crippen LogP contribution in [-0.4, -0.2) is 41.5 Å². The van der Waals surface area contributed by atoms with Crippen LogP contribution in [0.15, 0.2) is 24.3 Å². The molecule has 2 rings (SSSR count). The summed E-state index contributed by atoms with van der Waals surface area (Å²) in [5.74, 6) is -0.735. The molecule has 5 nitrogen and oxygen atoms in total. The Morgan fingerprint density at radius 3 is 2.62 bits per heavy atom. The average Bonchev–Trinajstić information content (AvgIpc) is 2.47. The van der Waals surface area contributed by atoms with Gasteiger partial charge in [-0.3, -0.25) is 9.59 Å². The van der Waals surface area contributed by atoms with E-state index in [1.807, 2.05) is 24.3 Å². The molecular weight excluding hydrogens is 268 g/mol. The second-order valence-corrected chi connectivity index (χ2v) is 5.59.